The third kappa shape index (κ3) is 4.64. The molecule has 1 amide bonds. The topological polar surface area (TPSA) is 75.6 Å². The summed E-state index contributed by atoms with van der Waals surface area (Å²) in [6.07, 6.45) is 0.806. The number of rotatable bonds is 5. The van der Waals surface area contributed by atoms with Gasteiger partial charge in [-0.1, -0.05) is 17.7 Å². The lowest BCUT2D eigenvalue weighted by atomic mass is 10.2. The first kappa shape index (κ1) is 16.1. The molecule has 1 aromatic carbocycles. The zero-order chi connectivity index (χ0) is 15.1. The lowest BCUT2D eigenvalue weighted by Gasteiger charge is -2.08. The van der Waals surface area contributed by atoms with Crippen LogP contribution in [0.5, 0.6) is 0 Å². The molecule has 0 saturated heterocycles. The molecular weight excluding hydrogens is 289 g/mol. The van der Waals surface area contributed by atoms with E-state index in [-0.39, 0.29) is 17.1 Å². The van der Waals surface area contributed by atoms with Gasteiger partial charge in [0.25, 0.3) is 0 Å². The molecule has 108 valence electrons. The van der Waals surface area contributed by atoms with E-state index in [2.05, 4.69) is 10.1 Å². The average Bonchev–Trinajstić information content (AvgIpc) is 2.43. The van der Waals surface area contributed by atoms with Gasteiger partial charge in [-0.3, -0.25) is 4.79 Å². The summed E-state index contributed by atoms with van der Waals surface area (Å²) in [5.74, 6) is -2.02. The van der Waals surface area contributed by atoms with Gasteiger partial charge in [0, 0.05) is 11.6 Å². The average molecular weight is 302 g/mol. The van der Waals surface area contributed by atoms with Crippen molar-refractivity contribution in [3.63, 3.8) is 0 Å². The smallest absolute Gasteiger partial charge is 0.336 e. The van der Waals surface area contributed by atoms with Crippen molar-refractivity contribution >= 4 is 29.6 Å². The number of esters is 1. The van der Waals surface area contributed by atoms with E-state index in [1.807, 2.05) is 0 Å². The van der Waals surface area contributed by atoms with E-state index in [9.17, 15) is 19.1 Å². The Hall–Kier alpha value is -1.92. The summed E-state index contributed by atoms with van der Waals surface area (Å²) in [4.78, 5) is 22.3. The number of methoxy groups -OCH3 is 1. The first-order valence-electron chi connectivity index (χ1n) is 5.61. The van der Waals surface area contributed by atoms with Crippen LogP contribution in [0, 0.1) is 5.82 Å². The molecule has 0 aliphatic carbocycles. The predicted octanol–water partition coefficient (Wildman–Crippen LogP) is 1.14. The Labute approximate surface area is 120 Å². The molecule has 7 heteroatoms. The lowest BCUT2D eigenvalue weighted by molar-refractivity contribution is -0.150. The number of amides is 1. The summed E-state index contributed by atoms with van der Waals surface area (Å²) in [7, 11) is 1.12. The fourth-order valence-electron chi connectivity index (χ4n) is 1.30. The number of hydrogen-bond acceptors (Lipinski definition) is 4. The van der Waals surface area contributed by atoms with E-state index in [1.54, 1.807) is 0 Å². The van der Waals surface area contributed by atoms with Crippen LogP contribution in [0.15, 0.2) is 24.3 Å². The molecule has 1 rings (SSSR count). The van der Waals surface area contributed by atoms with Gasteiger partial charge in [-0.2, -0.15) is 0 Å². The number of carbonyl (C=O) groups is 2. The normalized spacial score (nSPS) is 12.2. The van der Waals surface area contributed by atoms with Crippen molar-refractivity contribution in [3.8, 4) is 0 Å². The molecule has 0 bridgehead atoms. The highest BCUT2D eigenvalue weighted by molar-refractivity contribution is 6.32. The minimum Gasteiger partial charge on any atom is -0.467 e. The zero-order valence-electron chi connectivity index (χ0n) is 10.6. The Kier molecular flexibility index (Phi) is 6.14. The van der Waals surface area contributed by atoms with E-state index in [0.29, 0.717) is 0 Å². The summed E-state index contributed by atoms with van der Waals surface area (Å²) in [5.41, 5.74) is 0.0813. The molecule has 0 aliphatic heterocycles. The van der Waals surface area contributed by atoms with E-state index in [0.717, 1.165) is 13.2 Å². The molecule has 2 N–H and O–H groups in total. The van der Waals surface area contributed by atoms with E-state index < -0.39 is 23.8 Å². The Bertz CT molecular complexity index is 513. The van der Waals surface area contributed by atoms with Gasteiger partial charge in [0.05, 0.1) is 18.7 Å². The molecule has 1 aromatic rings. The highest BCUT2D eigenvalue weighted by Crippen LogP contribution is 2.20. The van der Waals surface area contributed by atoms with Crippen LogP contribution in [0.1, 0.15) is 5.56 Å². The van der Waals surface area contributed by atoms with Crippen LogP contribution in [0.25, 0.3) is 6.08 Å². The maximum Gasteiger partial charge on any atom is 0.336 e. The van der Waals surface area contributed by atoms with Crippen LogP contribution in [-0.2, 0) is 14.3 Å². The highest BCUT2D eigenvalue weighted by Gasteiger charge is 2.15. The number of hydrogen-bond donors (Lipinski definition) is 2. The molecule has 1 atom stereocenters. The second kappa shape index (κ2) is 7.62. The molecular formula is C13H13ClFNO4. The molecule has 0 spiro atoms. The number of nitrogens with one attached hydrogen (secondary N) is 1. The molecule has 0 saturated carbocycles. The molecule has 0 heterocycles. The maximum absolute atomic E-state index is 13.4. The van der Waals surface area contributed by atoms with E-state index >= 15 is 0 Å². The number of aliphatic hydroxyl groups is 1. The van der Waals surface area contributed by atoms with Gasteiger partial charge in [-0.15, -0.1) is 0 Å². The zero-order valence-corrected chi connectivity index (χ0v) is 11.4. The van der Waals surface area contributed by atoms with Crippen LogP contribution in [0.4, 0.5) is 4.39 Å². The van der Waals surface area contributed by atoms with E-state index in [1.165, 1.54) is 24.3 Å². The molecule has 0 aliphatic rings. The second-order valence-corrected chi connectivity index (χ2v) is 4.16. The minimum atomic E-state index is -1.45. The number of benzene rings is 1. The molecule has 0 fully saturated rings. The quantitative estimate of drug-likeness (QED) is 0.632. The first-order valence-corrected chi connectivity index (χ1v) is 5.99. The Morgan fingerprint density at radius 3 is 2.85 bits per heavy atom. The van der Waals surface area contributed by atoms with Gasteiger partial charge in [-0.05, 0) is 18.2 Å². The van der Waals surface area contributed by atoms with Crippen LogP contribution in [-0.4, -0.2) is 36.7 Å². The van der Waals surface area contributed by atoms with Gasteiger partial charge >= 0.3 is 5.97 Å². The van der Waals surface area contributed by atoms with Crippen LogP contribution in [0.2, 0.25) is 5.02 Å². The van der Waals surface area contributed by atoms with Crippen molar-refractivity contribution in [2.45, 2.75) is 6.10 Å². The Morgan fingerprint density at radius 1 is 1.55 bits per heavy atom. The maximum atomic E-state index is 13.4. The van der Waals surface area contributed by atoms with Crippen LogP contribution >= 0.6 is 11.6 Å². The summed E-state index contributed by atoms with van der Waals surface area (Å²) < 4.78 is 17.7. The van der Waals surface area contributed by atoms with Crippen molar-refractivity contribution in [3.05, 3.63) is 40.7 Å². The fraction of sp³-hybridized carbons (Fsp3) is 0.231. The lowest BCUT2D eigenvalue weighted by Crippen LogP contribution is -2.36. The minimum absolute atomic E-state index is 0.0813. The second-order valence-electron chi connectivity index (χ2n) is 3.75. The molecule has 20 heavy (non-hydrogen) atoms. The van der Waals surface area contributed by atoms with Crippen LogP contribution in [0.3, 0.4) is 0 Å². The first-order chi connectivity index (χ1) is 9.45. The third-order valence-electron chi connectivity index (χ3n) is 2.34. The largest absolute Gasteiger partial charge is 0.467 e. The standard InChI is InChI=1S/C13H13ClFNO4/c1-20-13(19)11(17)7-16-12(18)6-5-8-9(14)3-2-4-10(8)15/h2-6,11,17H,7H2,1H3,(H,16,18)/b6-5+. The van der Waals surface area contributed by atoms with Crippen LogP contribution < -0.4 is 5.32 Å². The van der Waals surface area contributed by atoms with Gasteiger partial charge < -0.3 is 15.2 Å². The van der Waals surface area contributed by atoms with Gasteiger partial charge in [0.1, 0.15) is 5.82 Å². The van der Waals surface area contributed by atoms with Gasteiger partial charge in [-0.25, -0.2) is 9.18 Å². The highest BCUT2D eigenvalue weighted by atomic mass is 35.5. The SMILES string of the molecule is COC(=O)C(O)CNC(=O)/C=C/c1c(F)cccc1Cl. The third-order valence-corrected chi connectivity index (χ3v) is 2.67. The molecule has 5 nitrogen and oxygen atoms in total. The predicted molar refractivity (Wildman–Crippen MR) is 71.5 cm³/mol. The summed E-state index contributed by atoms with van der Waals surface area (Å²) >= 11 is 5.78. The number of halogens is 2. The summed E-state index contributed by atoms with van der Waals surface area (Å²) in [6, 6.07) is 4.15. The van der Waals surface area contributed by atoms with Crippen molar-refractivity contribution < 1.29 is 23.8 Å². The molecule has 1 unspecified atom stereocenters. The number of aliphatic hydroxyl groups excluding tert-OH is 1. The van der Waals surface area contributed by atoms with Gasteiger partial charge in [0.15, 0.2) is 6.10 Å². The monoisotopic (exact) mass is 301 g/mol. The summed E-state index contributed by atoms with van der Waals surface area (Å²) in [6.45, 7) is -0.305. The molecule has 0 aromatic heterocycles. The number of ether oxygens (including phenoxy) is 1. The Balaban J connectivity index is 2.58. The molecule has 0 radical (unpaired) electrons. The number of carbonyl (C=O) groups excluding carboxylic acids is 2. The Morgan fingerprint density at radius 2 is 2.25 bits per heavy atom. The van der Waals surface area contributed by atoms with Crippen molar-refractivity contribution in [2.75, 3.05) is 13.7 Å². The van der Waals surface area contributed by atoms with Crippen molar-refractivity contribution in [1.29, 1.82) is 0 Å². The fourth-order valence-corrected chi connectivity index (χ4v) is 1.53. The summed E-state index contributed by atoms with van der Waals surface area (Å²) in [5, 5.41) is 11.7. The van der Waals surface area contributed by atoms with E-state index in [4.69, 9.17) is 11.6 Å². The van der Waals surface area contributed by atoms with Crippen molar-refractivity contribution in [1.82, 2.24) is 5.32 Å². The van der Waals surface area contributed by atoms with Gasteiger partial charge in [0.2, 0.25) is 5.91 Å². The van der Waals surface area contributed by atoms with Crippen molar-refractivity contribution in [2.24, 2.45) is 0 Å².